The van der Waals surface area contributed by atoms with E-state index in [9.17, 15) is 18.0 Å². The first-order chi connectivity index (χ1) is 12.2. The van der Waals surface area contributed by atoms with Gasteiger partial charge in [0.1, 0.15) is 5.54 Å². The summed E-state index contributed by atoms with van der Waals surface area (Å²) in [6.45, 7) is 6.42. The zero-order valence-corrected chi connectivity index (χ0v) is 16.2. The number of aryl methyl sites for hydroxylation is 2. The zero-order chi connectivity index (χ0) is 19.1. The highest BCUT2D eigenvalue weighted by Gasteiger charge is 2.53. The SMILES string of the molecule is CCCN1C(=O)NC2(CCN(S(=O)(=O)c3ccc(C)cc3C)CC2)C1=O. The summed E-state index contributed by atoms with van der Waals surface area (Å²) < 4.78 is 27.4. The molecule has 0 bridgehead atoms. The fourth-order valence-electron chi connectivity index (χ4n) is 3.78. The largest absolute Gasteiger partial charge is 0.325 e. The second kappa shape index (κ2) is 6.66. The average Bonchev–Trinajstić information content (AvgIpc) is 2.79. The van der Waals surface area contributed by atoms with Crippen LogP contribution in [0.1, 0.15) is 37.3 Å². The first kappa shape index (κ1) is 18.8. The Labute approximate surface area is 154 Å². The minimum atomic E-state index is -3.61. The van der Waals surface area contributed by atoms with Gasteiger partial charge in [-0.15, -0.1) is 0 Å². The first-order valence-corrected chi connectivity index (χ1v) is 10.4. The Morgan fingerprint density at radius 3 is 2.38 bits per heavy atom. The molecular weight excluding hydrogens is 354 g/mol. The number of nitrogens with zero attached hydrogens (tertiary/aromatic N) is 2. The van der Waals surface area contributed by atoms with E-state index in [4.69, 9.17) is 0 Å². The Hall–Kier alpha value is -1.93. The van der Waals surface area contributed by atoms with Crippen LogP contribution in [0.3, 0.4) is 0 Å². The van der Waals surface area contributed by atoms with Crippen LogP contribution in [0.25, 0.3) is 0 Å². The summed E-state index contributed by atoms with van der Waals surface area (Å²) in [5.74, 6) is -0.229. The van der Waals surface area contributed by atoms with E-state index in [-0.39, 0.29) is 25.0 Å². The average molecular weight is 379 g/mol. The van der Waals surface area contributed by atoms with E-state index in [0.29, 0.717) is 36.3 Å². The van der Waals surface area contributed by atoms with Gasteiger partial charge in [0.25, 0.3) is 5.91 Å². The Morgan fingerprint density at radius 1 is 1.15 bits per heavy atom. The summed E-state index contributed by atoms with van der Waals surface area (Å²) in [6, 6.07) is 4.90. The maximum atomic E-state index is 13.0. The molecule has 8 heteroatoms. The van der Waals surface area contributed by atoms with E-state index in [1.807, 2.05) is 19.9 Å². The molecule has 0 aliphatic carbocycles. The summed E-state index contributed by atoms with van der Waals surface area (Å²) in [7, 11) is -3.61. The molecule has 0 radical (unpaired) electrons. The molecule has 3 rings (SSSR count). The van der Waals surface area contributed by atoms with Crippen molar-refractivity contribution in [3.05, 3.63) is 29.3 Å². The molecule has 1 N–H and O–H groups in total. The third-order valence-electron chi connectivity index (χ3n) is 5.22. The van der Waals surface area contributed by atoms with Crippen LogP contribution >= 0.6 is 0 Å². The van der Waals surface area contributed by atoms with E-state index in [0.717, 1.165) is 5.56 Å². The van der Waals surface area contributed by atoms with Crippen molar-refractivity contribution >= 4 is 22.0 Å². The number of hydrogen-bond acceptors (Lipinski definition) is 4. The molecular formula is C18H25N3O4S. The van der Waals surface area contributed by atoms with E-state index in [1.165, 1.54) is 9.21 Å². The number of imide groups is 1. The monoisotopic (exact) mass is 379 g/mol. The molecule has 142 valence electrons. The van der Waals surface area contributed by atoms with Gasteiger partial charge in [0.05, 0.1) is 4.90 Å². The molecule has 1 aromatic carbocycles. The Morgan fingerprint density at radius 2 is 1.81 bits per heavy atom. The van der Waals surface area contributed by atoms with Crippen LogP contribution in [0.5, 0.6) is 0 Å². The fourth-order valence-corrected chi connectivity index (χ4v) is 5.43. The standard InChI is InChI=1S/C18H25N3O4S/c1-4-9-21-16(22)18(19-17(21)23)7-10-20(11-8-18)26(24,25)15-6-5-13(2)12-14(15)3/h5-6,12H,4,7-11H2,1-3H3,(H,19,23). The molecule has 2 heterocycles. The van der Waals surface area contributed by atoms with E-state index < -0.39 is 15.6 Å². The van der Waals surface area contributed by atoms with Crippen molar-refractivity contribution in [2.75, 3.05) is 19.6 Å². The Bertz CT molecular complexity index is 842. The summed E-state index contributed by atoms with van der Waals surface area (Å²) in [6.07, 6.45) is 1.28. The quantitative estimate of drug-likeness (QED) is 0.808. The van der Waals surface area contributed by atoms with E-state index >= 15 is 0 Å². The highest BCUT2D eigenvalue weighted by molar-refractivity contribution is 7.89. The first-order valence-electron chi connectivity index (χ1n) is 8.93. The lowest BCUT2D eigenvalue weighted by atomic mass is 9.88. The molecule has 0 saturated carbocycles. The Balaban J connectivity index is 1.78. The predicted octanol–water partition coefficient (Wildman–Crippen LogP) is 1.79. The third-order valence-corrected chi connectivity index (χ3v) is 7.28. The number of sulfonamides is 1. The van der Waals surface area contributed by atoms with Gasteiger partial charge < -0.3 is 5.32 Å². The second-order valence-corrected chi connectivity index (χ2v) is 9.05. The fraction of sp³-hybridized carbons (Fsp3) is 0.556. The number of benzene rings is 1. The molecule has 3 amide bonds. The molecule has 26 heavy (non-hydrogen) atoms. The van der Waals surface area contributed by atoms with Crippen molar-refractivity contribution in [1.29, 1.82) is 0 Å². The van der Waals surface area contributed by atoms with Crippen molar-refractivity contribution in [1.82, 2.24) is 14.5 Å². The van der Waals surface area contributed by atoms with Gasteiger partial charge in [0.15, 0.2) is 0 Å². The second-order valence-electron chi connectivity index (χ2n) is 7.14. The van der Waals surface area contributed by atoms with Crippen molar-refractivity contribution in [2.45, 2.75) is 50.5 Å². The maximum Gasteiger partial charge on any atom is 0.325 e. The summed E-state index contributed by atoms with van der Waals surface area (Å²) in [4.78, 5) is 26.3. The lowest BCUT2D eigenvalue weighted by Gasteiger charge is -2.36. The molecule has 1 aromatic rings. The van der Waals surface area contributed by atoms with Crippen molar-refractivity contribution < 1.29 is 18.0 Å². The minimum absolute atomic E-state index is 0.210. The molecule has 2 saturated heterocycles. The van der Waals surface area contributed by atoms with Gasteiger partial charge in [-0.3, -0.25) is 9.69 Å². The van der Waals surface area contributed by atoms with Crippen LogP contribution in [-0.2, 0) is 14.8 Å². The van der Waals surface area contributed by atoms with Gasteiger partial charge in [0, 0.05) is 19.6 Å². The van der Waals surface area contributed by atoms with Gasteiger partial charge in [-0.25, -0.2) is 13.2 Å². The lowest BCUT2D eigenvalue weighted by Crippen LogP contribution is -2.55. The van der Waals surface area contributed by atoms with Crippen molar-refractivity contribution in [3.8, 4) is 0 Å². The number of nitrogens with one attached hydrogen (secondary N) is 1. The normalized spacial score (nSPS) is 20.7. The molecule has 1 spiro atoms. The van der Waals surface area contributed by atoms with Gasteiger partial charge >= 0.3 is 6.03 Å². The van der Waals surface area contributed by atoms with Crippen LogP contribution in [0.4, 0.5) is 4.79 Å². The van der Waals surface area contributed by atoms with E-state index in [2.05, 4.69) is 5.32 Å². The van der Waals surface area contributed by atoms with Crippen LogP contribution in [-0.4, -0.2) is 54.7 Å². The molecule has 0 aromatic heterocycles. The topological polar surface area (TPSA) is 86.8 Å². The molecule has 2 fully saturated rings. The third kappa shape index (κ3) is 3.01. The van der Waals surface area contributed by atoms with Crippen molar-refractivity contribution in [3.63, 3.8) is 0 Å². The zero-order valence-electron chi connectivity index (χ0n) is 15.4. The number of carbonyl (C=O) groups excluding carboxylic acids is 2. The molecule has 2 aliphatic heterocycles. The number of piperidine rings is 1. The molecule has 7 nitrogen and oxygen atoms in total. The Kier molecular flexibility index (Phi) is 4.83. The minimum Gasteiger partial charge on any atom is -0.323 e. The maximum absolute atomic E-state index is 13.0. The highest BCUT2D eigenvalue weighted by atomic mass is 32.2. The summed E-state index contributed by atoms with van der Waals surface area (Å²) in [5.41, 5.74) is 0.764. The van der Waals surface area contributed by atoms with Crippen LogP contribution in [0.15, 0.2) is 23.1 Å². The van der Waals surface area contributed by atoms with Crippen LogP contribution in [0, 0.1) is 13.8 Å². The lowest BCUT2D eigenvalue weighted by molar-refractivity contribution is -0.132. The molecule has 0 unspecified atom stereocenters. The van der Waals surface area contributed by atoms with Crippen molar-refractivity contribution in [2.24, 2.45) is 0 Å². The van der Waals surface area contributed by atoms with Gasteiger partial charge in [-0.2, -0.15) is 4.31 Å². The van der Waals surface area contributed by atoms with Gasteiger partial charge in [-0.1, -0.05) is 24.6 Å². The number of hydrogen-bond donors (Lipinski definition) is 1. The number of rotatable bonds is 4. The summed E-state index contributed by atoms with van der Waals surface area (Å²) in [5, 5.41) is 2.80. The predicted molar refractivity (Wildman–Crippen MR) is 97.2 cm³/mol. The summed E-state index contributed by atoms with van der Waals surface area (Å²) >= 11 is 0. The van der Waals surface area contributed by atoms with Crippen LogP contribution in [0.2, 0.25) is 0 Å². The van der Waals surface area contributed by atoms with Crippen LogP contribution < -0.4 is 5.32 Å². The van der Waals surface area contributed by atoms with Gasteiger partial charge in [0.2, 0.25) is 10.0 Å². The molecule has 0 atom stereocenters. The number of carbonyl (C=O) groups is 2. The highest BCUT2D eigenvalue weighted by Crippen LogP contribution is 2.32. The molecule has 2 aliphatic rings. The van der Waals surface area contributed by atoms with E-state index in [1.54, 1.807) is 19.1 Å². The number of amides is 3. The number of urea groups is 1. The van der Waals surface area contributed by atoms with Gasteiger partial charge in [-0.05, 0) is 44.7 Å². The smallest absolute Gasteiger partial charge is 0.323 e.